The largest absolute Gasteiger partial charge is 0.355 e. The number of carbonyl (C=O) groups is 1. The molecular weight excluding hydrogens is 324 g/mol. The van der Waals surface area contributed by atoms with E-state index in [2.05, 4.69) is 28.5 Å². The van der Waals surface area contributed by atoms with Gasteiger partial charge in [0, 0.05) is 13.1 Å². The lowest BCUT2D eigenvalue weighted by Crippen LogP contribution is -2.32. The SMILES string of the molecule is CCCCn1c(SC(C)C(=O)NCCC2=CCCCC2)n[nH]c1=O. The number of thioether (sulfide) groups is 1. The number of hydrogen-bond donors (Lipinski definition) is 2. The summed E-state index contributed by atoms with van der Waals surface area (Å²) in [6, 6.07) is 0. The highest BCUT2D eigenvalue weighted by Crippen LogP contribution is 2.21. The third-order valence-electron chi connectivity index (χ3n) is 4.24. The van der Waals surface area contributed by atoms with Crippen molar-refractivity contribution in [2.24, 2.45) is 0 Å². The van der Waals surface area contributed by atoms with Crippen molar-refractivity contribution >= 4 is 17.7 Å². The summed E-state index contributed by atoms with van der Waals surface area (Å²) in [6.07, 6.45) is 10.1. The molecule has 1 aliphatic rings. The number of aromatic amines is 1. The Labute approximate surface area is 147 Å². The van der Waals surface area contributed by atoms with Crippen LogP contribution in [0.4, 0.5) is 0 Å². The van der Waals surface area contributed by atoms with E-state index in [-0.39, 0.29) is 16.8 Å². The summed E-state index contributed by atoms with van der Waals surface area (Å²) in [5, 5.41) is 9.82. The molecule has 1 atom stereocenters. The Bertz CT molecular complexity index is 620. The molecule has 2 rings (SSSR count). The minimum Gasteiger partial charge on any atom is -0.355 e. The average Bonchev–Trinajstić information content (AvgIpc) is 2.93. The summed E-state index contributed by atoms with van der Waals surface area (Å²) in [6.45, 7) is 5.24. The van der Waals surface area contributed by atoms with Crippen molar-refractivity contribution in [2.75, 3.05) is 6.54 Å². The van der Waals surface area contributed by atoms with E-state index >= 15 is 0 Å². The Balaban J connectivity index is 1.81. The summed E-state index contributed by atoms with van der Waals surface area (Å²) in [5.41, 5.74) is 1.25. The molecule has 0 saturated heterocycles. The predicted molar refractivity (Wildman–Crippen MR) is 97.3 cm³/mol. The van der Waals surface area contributed by atoms with Crippen LogP contribution < -0.4 is 11.0 Å². The summed E-state index contributed by atoms with van der Waals surface area (Å²) >= 11 is 1.33. The van der Waals surface area contributed by atoms with Gasteiger partial charge in [-0.1, -0.05) is 36.8 Å². The number of aromatic nitrogens is 3. The van der Waals surface area contributed by atoms with Crippen LogP contribution >= 0.6 is 11.8 Å². The lowest BCUT2D eigenvalue weighted by molar-refractivity contribution is -0.120. The van der Waals surface area contributed by atoms with Crippen LogP contribution in [0.3, 0.4) is 0 Å². The molecule has 24 heavy (non-hydrogen) atoms. The number of nitrogens with zero attached hydrogens (tertiary/aromatic N) is 2. The number of hydrogen-bond acceptors (Lipinski definition) is 4. The van der Waals surface area contributed by atoms with Crippen LogP contribution in [0.2, 0.25) is 0 Å². The first-order valence-electron chi connectivity index (χ1n) is 8.89. The van der Waals surface area contributed by atoms with Gasteiger partial charge < -0.3 is 5.32 Å². The van der Waals surface area contributed by atoms with Gasteiger partial charge in [0.05, 0.1) is 5.25 Å². The number of unbranched alkanes of at least 4 members (excludes halogenated alkanes) is 1. The lowest BCUT2D eigenvalue weighted by atomic mass is 9.97. The van der Waals surface area contributed by atoms with Crippen LogP contribution in [0.15, 0.2) is 21.6 Å². The highest BCUT2D eigenvalue weighted by Gasteiger charge is 2.18. The van der Waals surface area contributed by atoms with E-state index in [4.69, 9.17) is 0 Å². The lowest BCUT2D eigenvalue weighted by Gasteiger charge is -2.15. The molecule has 0 saturated carbocycles. The Morgan fingerprint density at radius 3 is 3.04 bits per heavy atom. The third-order valence-corrected chi connectivity index (χ3v) is 5.33. The van der Waals surface area contributed by atoms with Gasteiger partial charge in [-0.25, -0.2) is 9.89 Å². The van der Waals surface area contributed by atoms with Gasteiger partial charge in [0.15, 0.2) is 5.16 Å². The van der Waals surface area contributed by atoms with E-state index in [9.17, 15) is 9.59 Å². The zero-order valence-corrected chi connectivity index (χ0v) is 15.5. The number of carbonyl (C=O) groups excluding carboxylic acids is 1. The minimum absolute atomic E-state index is 0.00565. The highest BCUT2D eigenvalue weighted by atomic mass is 32.2. The summed E-state index contributed by atoms with van der Waals surface area (Å²) < 4.78 is 1.62. The number of H-pyrrole nitrogens is 1. The average molecular weight is 353 g/mol. The van der Waals surface area contributed by atoms with E-state index in [0.29, 0.717) is 18.2 Å². The van der Waals surface area contributed by atoms with Crippen molar-refractivity contribution in [2.45, 2.75) is 75.7 Å². The van der Waals surface area contributed by atoms with Crippen molar-refractivity contribution in [3.8, 4) is 0 Å². The van der Waals surface area contributed by atoms with Gasteiger partial charge in [-0.05, 0) is 45.4 Å². The molecule has 1 aliphatic carbocycles. The van der Waals surface area contributed by atoms with Crippen molar-refractivity contribution in [1.29, 1.82) is 0 Å². The van der Waals surface area contributed by atoms with Crippen molar-refractivity contribution < 1.29 is 4.79 Å². The van der Waals surface area contributed by atoms with E-state index in [1.165, 1.54) is 36.6 Å². The van der Waals surface area contributed by atoms with Gasteiger partial charge in [-0.2, -0.15) is 0 Å². The second-order valence-corrected chi connectivity index (χ2v) is 7.53. The molecule has 0 radical (unpaired) electrons. The van der Waals surface area contributed by atoms with E-state index in [1.54, 1.807) is 4.57 Å². The second-order valence-electron chi connectivity index (χ2n) is 6.23. The highest BCUT2D eigenvalue weighted by molar-refractivity contribution is 8.00. The number of nitrogens with one attached hydrogen (secondary N) is 2. The fraction of sp³-hybridized carbons (Fsp3) is 0.706. The van der Waals surface area contributed by atoms with Crippen molar-refractivity contribution in [3.05, 3.63) is 22.1 Å². The van der Waals surface area contributed by atoms with E-state index in [1.807, 2.05) is 6.92 Å². The number of amides is 1. The van der Waals surface area contributed by atoms with Gasteiger partial charge in [0.2, 0.25) is 5.91 Å². The monoisotopic (exact) mass is 352 g/mol. The molecule has 1 aromatic heterocycles. The Morgan fingerprint density at radius 1 is 1.50 bits per heavy atom. The van der Waals surface area contributed by atoms with Gasteiger partial charge in [-0.15, -0.1) is 5.10 Å². The van der Waals surface area contributed by atoms with Gasteiger partial charge >= 0.3 is 5.69 Å². The second kappa shape index (κ2) is 9.71. The molecule has 1 amide bonds. The molecule has 6 nitrogen and oxygen atoms in total. The van der Waals surface area contributed by atoms with Crippen LogP contribution in [-0.4, -0.2) is 32.5 Å². The topological polar surface area (TPSA) is 79.8 Å². The summed E-state index contributed by atoms with van der Waals surface area (Å²) in [7, 11) is 0. The van der Waals surface area contributed by atoms with Crippen LogP contribution in [0, 0.1) is 0 Å². The molecule has 1 aromatic rings. The Hall–Kier alpha value is -1.50. The maximum absolute atomic E-state index is 12.2. The van der Waals surface area contributed by atoms with Crippen molar-refractivity contribution in [1.82, 2.24) is 20.1 Å². The van der Waals surface area contributed by atoms with Crippen LogP contribution in [0.25, 0.3) is 0 Å². The maximum Gasteiger partial charge on any atom is 0.343 e. The molecule has 0 fully saturated rings. The van der Waals surface area contributed by atoms with Crippen LogP contribution in [0.1, 0.15) is 58.8 Å². The summed E-state index contributed by atoms with van der Waals surface area (Å²) in [5.74, 6) is -0.00565. The quantitative estimate of drug-likeness (QED) is 0.529. The molecule has 2 N–H and O–H groups in total. The van der Waals surface area contributed by atoms with Gasteiger partial charge in [-0.3, -0.25) is 9.36 Å². The van der Waals surface area contributed by atoms with E-state index < -0.39 is 0 Å². The molecule has 1 unspecified atom stereocenters. The Morgan fingerprint density at radius 2 is 2.33 bits per heavy atom. The number of allylic oxidation sites excluding steroid dienone is 1. The standard InChI is InChI=1S/C17H28N4O2S/c1-3-4-12-21-16(23)19-20-17(21)24-13(2)15(22)18-11-10-14-8-6-5-7-9-14/h8,13H,3-7,9-12H2,1-2H3,(H,18,22)(H,19,23). The molecule has 0 spiro atoms. The fourth-order valence-corrected chi connectivity index (χ4v) is 3.65. The molecule has 7 heteroatoms. The molecule has 0 aliphatic heterocycles. The molecule has 1 heterocycles. The van der Waals surface area contributed by atoms with Crippen molar-refractivity contribution in [3.63, 3.8) is 0 Å². The van der Waals surface area contributed by atoms with Crippen LogP contribution in [0.5, 0.6) is 0 Å². The molecular formula is C17H28N4O2S. The zero-order chi connectivity index (χ0) is 17.4. The third kappa shape index (κ3) is 5.54. The molecule has 134 valence electrons. The fourth-order valence-electron chi connectivity index (χ4n) is 2.74. The first-order chi connectivity index (χ1) is 11.6. The smallest absolute Gasteiger partial charge is 0.343 e. The first-order valence-corrected chi connectivity index (χ1v) is 9.77. The maximum atomic E-state index is 12.2. The normalized spacial score (nSPS) is 15.8. The summed E-state index contributed by atoms with van der Waals surface area (Å²) in [4.78, 5) is 24.0. The first kappa shape index (κ1) is 18.8. The van der Waals surface area contributed by atoms with Crippen LogP contribution in [-0.2, 0) is 11.3 Å². The Kier molecular flexibility index (Phi) is 7.62. The van der Waals surface area contributed by atoms with Gasteiger partial charge in [0.25, 0.3) is 0 Å². The molecule has 0 bridgehead atoms. The zero-order valence-electron chi connectivity index (χ0n) is 14.6. The minimum atomic E-state index is -0.277. The van der Waals surface area contributed by atoms with Gasteiger partial charge in [0.1, 0.15) is 0 Å². The number of rotatable bonds is 9. The molecule has 0 aromatic carbocycles. The predicted octanol–water partition coefficient (Wildman–Crippen LogP) is 2.86. The van der Waals surface area contributed by atoms with E-state index in [0.717, 1.165) is 25.7 Å².